The quantitative estimate of drug-likeness (QED) is 0.776. The van der Waals surface area contributed by atoms with Gasteiger partial charge in [0.05, 0.1) is 17.9 Å². The van der Waals surface area contributed by atoms with E-state index >= 15 is 0 Å². The van der Waals surface area contributed by atoms with Crippen molar-refractivity contribution < 1.29 is 9.53 Å². The van der Waals surface area contributed by atoms with Crippen LogP contribution in [0.25, 0.3) is 0 Å². The largest absolute Gasteiger partial charge is 0.372 e. The Morgan fingerprint density at radius 2 is 2.56 bits per heavy atom. The first-order valence-corrected chi connectivity index (χ1v) is 6.40. The Labute approximate surface area is 107 Å². The molecule has 0 bridgehead atoms. The molecule has 0 aromatic carbocycles. The molecule has 6 nitrogen and oxygen atoms in total. The lowest BCUT2D eigenvalue weighted by Gasteiger charge is -2.03. The summed E-state index contributed by atoms with van der Waals surface area (Å²) in [4.78, 5) is 11.4. The fourth-order valence-electron chi connectivity index (χ4n) is 1.94. The second-order valence-corrected chi connectivity index (χ2v) is 4.29. The molecule has 2 heterocycles. The third-order valence-corrected chi connectivity index (χ3v) is 2.85. The second kappa shape index (κ2) is 6.51. The van der Waals surface area contributed by atoms with Crippen LogP contribution < -0.4 is 10.6 Å². The molecule has 0 fully saturated rings. The highest BCUT2D eigenvalue weighted by Crippen LogP contribution is 2.08. The van der Waals surface area contributed by atoms with Gasteiger partial charge in [-0.15, -0.1) is 0 Å². The van der Waals surface area contributed by atoms with E-state index in [1.54, 1.807) is 0 Å². The molecule has 6 heteroatoms. The monoisotopic (exact) mass is 252 g/mol. The van der Waals surface area contributed by atoms with E-state index in [-0.39, 0.29) is 12.5 Å². The van der Waals surface area contributed by atoms with Crippen molar-refractivity contribution in [2.24, 2.45) is 0 Å². The molecule has 2 N–H and O–H groups in total. The van der Waals surface area contributed by atoms with Crippen LogP contribution in [0.15, 0.2) is 6.07 Å². The van der Waals surface area contributed by atoms with Gasteiger partial charge in [0.2, 0.25) is 5.91 Å². The van der Waals surface area contributed by atoms with Crippen LogP contribution in [0.3, 0.4) is 0 Å². The number of carbonyl (C=O) groups excluding carboxylic acids is 1. The van der Waals surface area contributed by atoms with Gasteiger partial charge in [0.1, 0.15) is 6.61 Å². The first-order chi connectivity index (χ1) is 8.79. The third-order valence-electron chi connectivity index (χ3n) is 2.85. The lowest BCUT2D eigenvalue weighted by Crippen LogP contribution is -2.27. The number of amides is 1. The molecule has 0 aliphatic carbocycles. The summed E-state index contributed by atoms with van der Waals surface area (Å²) < 4.78 is 7.05. The van der Waals surface area contributed by atoms with Crippen LogP contribution in [0.1, 0.15) is 24.7 Å². The molecule has 0 saturated heterocycles. The molecule has 1 aliphatic rings. The van der Waals surface area contributed by atoms with Crippen molar-refractivity contribution >= 4 is 5.91 Å². The number of hydrogen-bond acceptors (Lipinski definition) is 4. The van der Waals surface area contributed by atoms with Gasteiger partial charge in [0.15, 0.2) is 0 Å². The summed E-state index contributed by atoms with van der Waals surface area (Å²) in [6, 6.07) is 2.04. The molecule has 2 rings (SSSR count). The number of ether oxygens (including phenoxy) is 1. The molecule has 0 unspecified atom stereocenters. The second-order valence-electron chi connectivity index (χ2n) is 4.29. The number of aromatic nitrogens is 2. The average molecular weight is 252 g/mol. The van der Waals surface area contributed by atoms with Gasteiger partial charge in [-0.2, -0.15) is 5.10 Å². The Morgan fingerprint density at radius 1 is 1.67 bits per heavy atom. The van der Waals surface area contributed by atoms with E-state index in [4.69, 9.17) is 4.74 Å². The van der Waals surface area contributed by atoms with Crippen LogP contribution in [-0.4, -0.2) is 35.4 Å². The van der Waals surface area contributed by atoms with Gasteiger partial charge in [0, 0.05) is 19.7 Å². The molecular weight excluding hydrogens is 232 g/mol. The molecule has 0 spiro atoms. The summed E-state index contributed by atoms with van der Waals surface area (Å²) in [7, 11) is 0. The van der Waals surface area contributed by atoms with Gasteiger partial charge >= 0.3 is 0 Å². The summed E-state index contributed by atoms with van der Waals surface area (Å²) in [6.45, 7) is 5.82. The first kappa shape index (κ1) is 13.0. The topological polar surface area (TPSA) is 68.2 Å². The van der Waals surface area contributed by atoms with Crippen LogP contribution in [0.2, 0.25) is 0 Å². The number of hydrogen-bond donors (Lipinski definition) is 2. The fraction of sp³-hybridized carbons (Fsp3) is 0.667. The smallest absolute Gasteiger partial charge is 0.246 e. The molecular formula is C12H20N4O2. The van der Waals surface area contributed by atoms with Gasteiger partial charge < -0.3 is 15.4 Å². The lowest BCUT2D eigenvalue weighted by atomic mass is 10.3. The zero-order chi connectivity index (χ0) is 12.8. The molecule has 18 heavy (non-hydrogen) atoms. The van der Waals surface area contributed by atoms with Crippen molar-refractivity contribution in [1.29, 1.82) is 0 Å². The van der Waals surface area contributed by atoms with E-state index in [0.29, 0.717) is 13.2 Å². The minimum Gasteiger partial charge on any atom is -0.372 e. The van der Waals surface area contributed by atoms with Crippen LogP contribution >= 0.6 is 0 Å². The first-order valence-electron chi connectivity index (χ1n) is 6.40. The Kier molecular flexibility index (Phi) is 4.72. The molecule has 0 radical (unpaired) electrons. The van der Waals surface area contributed by atoms with Crippen molar-refractivity contribution in [3.05, 3.63) is 17.5 Å². The molecule has 0 saturated carbocycles. The summed E-state index contributed by atoms with van der Waals surface area (Å²) in [6.07, 6.45) is 1.09. The van der Waals surface area contributed by atoms with E-state index in [2.05, 4.69) is 15.7 Å². The standard InChI is InChI=1S/C12H20N4O2/c1-2-18-9-12(17)14-7-10-6-11-8-13-4-3-5-16(11)15-10/h6,13H,2-5,7-9H2,1H3,(H,14,17). The number of rotatable bonds is 5. The van der Waals surface area contributed by atoms with Crippen LogP contribution in [0.4, 0.5) is 0 Å². The zero-order valence-electron chi connectivity index (χ0n) is 10.7. The Bertz CT molecular complexity index is 379. The predicted molar refractivity (Wildman–Crippen MR) is 66.9 cm³/mol. The Balaban J connectivity index is 1.85. The number of nitrogens with zero attached hydrogens (tertiary/aromatic N) is 2. The molecule has 1 aromatic rings. The SMILES string of the molecule is CCOCC(=O)NCc1cc2n(n1)CCCNC2. The maximum atomic E-state index is 11.4. The average Bonchev–Trinajstić information content (AvgIpc) is 2.64. The molecule has 0 atom stereocenters. The normalized spacial score (nSPS) is 14.9. The van der Waals surface area contributed by atoms with Crippen molar-refractivity contribution in [3.63, 3.8) is 0 Å². The molecule has 1 aliphatic heterocycles. The van der Waals surface area contributed by atoms with Crippen LogP contribution in [0, 0.1) is 0 Å². The summed E-state index contributed by atoms with van der Waals surface area (Å²) in [5.74, 6) is -0.0989. The summed E-state index contributed by atoms with van der Waals surface area (Å²) in [5, 5.41) is 10.6. The summed E-state index contributed by atoms with van der Waals surface area (Å²) >= 11 is 0. The van der Waals surface area contributed by atoms with E-state index in [9.17, 15) is 4.79 Å². The van der Waals surface area contributed by atoms with Crippen LogP contribution in [-0.2, 0) is 29.2 Å². The van der Waals surface area contributed by atoms with E-state index in [1.165, 1.54) is 5.69 Å². The maximum absolute atomic E-state index is 11.4. The molecule has 1 aromatic heterocycles. The van der Waals surface area contributed by atoms with Gasteiger partial charge in [-0.25, -0.2) is 0 Å². The highest BCUT2D eigenvalue weighted by atomic mass is 16.5. The zero-order valence-corrected chi connectivity index (χ0v) is 10.7. The van der Waals surface area contributed by atoms with Crippen molar-refractivity contribution in [3.8, 4) is 0 Å². The van der Waals surface area contributed by atoms with E-state index in [0.717, 1.165) is 31.7 Å². The minimum absolute atomic E-state index is 0.0989. The predicted octanol–water partition coefficient (Wildman–Crippen LogP) is 0.0291. The number of aryl methyl sites for hydroxylation is 1. The highest BCUT2D eigenvalue weighted by Gasteiger charge is 2.11. The number of carbonyl (C=O) groups is 1. The minimum atomic E-state index is -0.0989. The van der Waals surface area contributed by atoms with Crippen molar-refractivity contribution in [2.45, 2.75) is 33.0 Å². The maximum Gasteiger partial charge on any atom is 0.246 e. The summed E-state index contributed by atoms with van der Waals surface area (Å²) in [5.41, 5.74) is 2.08. The van der Waals surface area contributed by atoms with E-state index in [1.807, 2.05) is 17.7 Å². The molecule has 100 valence electrons. The van der Waals surface area contributed by atoms with Crippen LogP contribution in [0.5, 0.6) is 0 Å². The number of nitrogens with one attached hydrogen (secondary N) is 2. The van der Waals surface area contributed by atoms with E-state index < -0.39 is 0 Å². The van der Waals surface area contributed by atoms with Gasteiger partial charge in [-0.3, -0.25) is 9.48 Å². The van der Waals surface area contributed by atoms with Crippen molar-refractivity contribution in [1.82, 2.24) is 20.4 Å². The number of fused-ring (bicyclic) bond motifs is 1. The fourth-order valence-corrected chi connectivity index (χ4v) is 1.94. The lowest BCUT2D eigenvalue weighted by molar-refractivity contribution is -0.125. The Hall–Kier alpha value is -1.40. The highest BCUT2D eigenvalue weighted by molar-refractivity contribution is 5.77. The van der Waals surface area contributed by atoms with Gasteiger partial charge in [-0.1, -0.05) is 0 Å². The Morgan fingerprint density at radius 3 is 3.39 bits per heavy atom. The van der Waals surface area contributed by atoms with Crippen molar-refractivity contribution in [2.75, 3.05) is 19.8 Å². The molecule has 1 amide bonds. The van der Waals surface area contributed by atoms with Gasteiger partial charge in [0.25, 0.3) is 0 Å². The van der Waals surface area contributed by atoms with Gasteiger partial charge in [-0.05, 0) is 26.0 Å². The third kappa shape index (κ3) is 3.54.